The number of hydrogen-bond donors (Lipinski definition) is 4. The summed E-state index contributed by atoms with van der Waals surface area (Å²) in [5.74, 6) is -0.744. The van der Waals surface area contributed by atoms with Crippen LogP contribution in [0.15, 0.2) is 97.1 Å². The molecule has 0 saturated carbocycles. The molecule has 186 valence electrons. The molecule has 0 saturated heterocycles. The van der Waals surface area contributed by atoms with Gasteiger partial charge >= 0.3 is 0 Å². The van der Waals surface area contributed by atoms with E-state index < -0.39 is 0 Å². The fourth-order valence-electron chi connectivity index (χ4n) is 4.63. The summed E-state index contributed by atoms with van der Waals surface area (Å²) in [6.07, 6.45) is 0. The van der Waals surface area contributed by atoms with E-state index >= 15 is 0 Å². The molecule has 0 atom stereocenters. The van der Waals surface area contributed by atoms with Crippen molar-refractivity contribution in [3.63, 3.8) is 0 Å². The average Bonchev–Trinajstić information content (AvgIpc) is 2.96. The van der Waals surface area contributed by atoms with Crippen LogP contribution in [0, 0.1) is 0 Å². The maximum Gasteiger partial charge on any atom is 0.257 e. The predicted octanol–water partition coefficient (Wildman–Crippen LogP) is 4.76. The molecule has 6 aromatic rings. The van der Waals surface area contributed by atoms with E-state index in [1.807, 2.05) is 97.1 Å². The van der Waals surface area contributed by atoms with E-state index in [9.17, 15) is 9.59 Å². The fraction of sp³-hybridized carbons (Fsp3) is 0.0667. The van der Waals surface area contributed by atoms with Crippen molar-refractivity contribution in [2.75, 3.05) is 23.7 Å². The number of rotatable bonds is 6. The molecule has 4 aromatic carbocycles. The van der Waals surface area contributed by atoms with Gasteiger partial charge in [0.25, 0.3) is 11.8 Å². The molecule has 38 heavy (non-hydrogen) atoms. The van der Waals surface area contributed by atoms with Gasteiger partial charge < -0.3 is 10.6 Å². The second-order valence-corrected chi connectivity index (χ2v) is 8.85. The van der Waals surface area contributed by atoms with E-state index in [0.29, 0.717) is 0 Å². The number of pyridine rings is 2. The zero-order valence-corrected chi connectivity index (χ0v) is 20.4. The van der Waals surface area contributed by atoms with Crippen LogP contribution in [0.1, 0.15) is 0 Å². The molecule has 0 spiro atoms. The molecule has 2 amide bonds. The first kappa shape index (κ1) is 23.2. The van der Waals surface area contributed by atoms with E-state index in [1.54, 1.807) is 0 Å². The van der Waals surface area contributed by atoms with Gasteiger partial charge in [-0.3, -0.25) is 20.4 Å². The number of carbonyl (C=O) groups is 2. The Balaban J connectivity index is 1.11. The van der Waals surface area contributed by atoms with Crippen LogP contribution in [-0.2, 0) is 9.59 Å². The minimum atomic E-state index is -0.372. The van der Waals surface area contributed by atoms with Gasteiger partial charge in [-0.05, 0) is 24.3 Å². The first-order valence-electron chi connectivity index (χ1n) is 12.3. The fourth-order valence-corrected chi connectivity index (χ4v) is 4.63. The van der Waals surface area contributed by atoms with Gasteiger partial charge in [-0.2, -0.15) is 0 Å². The highest BCUT2D eigenvalue weighted by molar-refractivity contribution is 6.09. The Kier molecular flexibility index (Phi) is 6.11. The Morgan fingerprint density at radius 2 is 0.763 bits per heavy atom. The van der Waals surface area contributed by atoms with Crippen molar-refractivity contribution in [3.05, 3.63) is 97.1 Å². The summed E-state index contributed by atoms with van der Waals surface area (Å²) in [5.41, 5.74) is 9.98. The largest absolute Gasteiger partial charge is 0.375 e. The van der Waals surface area contributed by atoms with Gasteiger partial charge in [-0.15, -0.1) is 0 Å². The number of nitrogens with zero attached hydrogens (tertiary/aromatic N) is 2. The van der Waals surface area contributed by atoms with Crippen molar-refractivity contribution in [1.29, 1.82) is 0 Å². The summed E-state index contributed by atoms with van der Waals surface area (Å²) in [5, 5.41) is 10.1. The second kappa shape index (κ2) is 10.0. The number of para-hydroxylation sites is 4. The van der Waals surface area contributed by atoms with Crippen molar-refractivity contribution >= 4 is 66.8 Å². The number of fused-ring (bicyclic) bond motifs is 4. The minimum absolute atomic E-state index is 0.0225. The third-order valence-corrected chi connectivity index (χ3v) is 6.37. The number of hydrazine groups is 1. The van der Waals surface area contributed by atoms with E-state index in [0.717, 1.165) is 55.0 Å². The van der Waals surface area contributed by atoms with Crippen LogP contribution in [0.5, 0.6) is 0 Å². The molecule has 4 N–H and O–H groups in total. The Hall–Kier alpha value is -5.24. The molecule has 0 aliphatic heterocycles. The van der Waals surface area contributed by atoms with Crippen LogP contribution in [0.4, 0.5) is 11.4 Å². The number of hydrogen-bond acceptors (Lipinski definition) is 6. The molecule has 2 heterocycles. The molecule has 0 fully saturated rings. The lowest BCUT2D eigenvalue weighted by atomic mass is 10.1. The zero-order valence-electron chi connectivity index (χ0n) is 20.4. The highest BCUT2D eigenvalue weighted by Gasteiger charge is 2.12. The monoisotopic (exact) mass is 500 g/mol. The van der Waals surface area contributed by atoms with E-state index in [2.05, 4.69) is 21.5 Å². The Bertz CT molecular complexity index is 1590. The van der Waals surface area contributed by atoms with E-state index in [4.69, 9.17) is 9.97 Å². The van der Waals surface area contributed by atoms with Gasteiger partial charge in [0, 0.05) is 21.5 Å². The third-order valence-electron chi connectivity index (χ3n) is 6.37. The van der Waals surface area contributed by atoms with Crippen LogP contribution in [0.2, 0.25) is 0 Å². The van der Waals surface area contributed by atoms with Crippen molar-refractivity contribution in [2.45, 2.75) is 0 Å². The number of benzene rings is 4. The standard InChI is InChI=1S/C30H24N6O2/c37-27(17-31-29-19-9-1-5-13-23(19)33-24-14-6-2-10-20(24)29)35-36-28(38)18-32-30-21-11-3-7-15-25(21)34-26-16-8-4-12-22(26)30/h1-16H,17-18H2,(H,31,33)(H,32,34)(H,35,37)(H,36,38). The molecular weight excluding hydrogens is 476 g/mol. The SMILES string of the molecule is O=C(CNc1c2ccccc2nc2ccccc12)NNC(=O)CNc1c2ccccc2nc2ccccc12. The first-order valence-corrected chi connectivity index (χ1v) is 12.3. The Morgan fingerprint density at radius 3 is 1.08 bits per heavy atom. The predicted molar refractivity (Wildman–Crippen MR) is 152 cm³/mol. The number of amides is 2. The van der Waals surface area contributed by atoms with Gasteiger partial charge in [-0.1, -0.05) is 72.8 Å². The topological polar surface area (TPSA) is 108 Å². The molecular formula is C30H24N6O2. The Labute approximate surface area is 218 Å². The molecule has 8 nitrogen and oxygen atoms in total. The normalized spacial score (nSPS) is 11.1. The van der Waals surface area contributed by atoms with Crippen LogP contribution >= 0.6 is 0 Å². The quantitative estimate of drug-likeness (QED) is 0.194. The summed E-state index contributed by atoms with van der Waals surface area (Å²) in [6, 6.07) is 31.1. The number of carbonyl (C=O) groups excluding carboxylic acids is 2. The summed E-state index contributed by atoms with van der Waals surface area (Å²) in [4.78, 5) is 34.6. The molecule has 0 aliphatic carbocycles. The smallest absolute Gasteiger partial charge is 0.257 e. The summed E-state index contributed by atoms with van der Waals surface area (Å²) >= 11 is 0. The molecule has 0 unspecified atom stereocenters. The molecule has 6 rings (SSSR count). The number of aromatic nitrogens is 2. The molecule has 2 aromatic heterocycles. The summed E-state index contributed by atoms with van der Waals surface area (Å²) in [6.45, 7) is -0.0450. The van der Waals surface area contributed by atoms with Crippen LogP contribution in [0.25, 0.3) is 43.6 Å². The van der Waals surface area contributed by atoms with Crippen LogP contribution < -0.4 is 21.5 Å². The third kappa shape index (κ3) is 4.51. The lowest BCUT2D eigenvalue weighted by molar-refractivity contribution is -0.127. The molecule has 0 bridgehead atoms. The average molecular weight is 501 g/mol. The molecule has 0 radical (unpaired) electrons. The summed E-state index contributed by atoms with van der Waals surface area (Å²) < 4.78 is 0. The second-order valence-electron chi connectivity index (χ2n) is 8.85. The van der Waals surface area contributed by atoms with Gasteiger partial charge in [-0.25, -0.2) is 9.97 Å². The lowest BCUT2D eigenvalue weighted by Gasteiger charge is -2.15. The van der Waals surface area contributed by atoms with Crippen molar-refractivity contribution < 1.29 is 9.59 Å². The van der Waals surface area contributed by atoms with E-state index in [1.165, 1.54) is 0 Å². The summed E-state index contributed by atoms with van der Waals surface area (Å²) in [7, 11) is 0. The van der Waals surface area contributed by atoms with Crippen molar-refractivity contribution in [3.8, 4) is 0 Å². The lowest BCUT2D eigenvalue weighted by Crippen LogP contribution is -2.46. The van der Waals surface area contributed by atoms with Gasteiger partial charge in [0.2, 0.25) is 0 Å². The Morgan fingerprint density at radius 1 is 0.474 bits per heavy atom. The number of nitrogens with one attached hydrogen (secondary N) is 4. The maximum atomic E-state index is 12.6. The molecule has 0 aliphatic rings. The minimum Gasteiger partial charge on any atom is -0.375 e. The van der Waals surface area contributed by atoms with E-state index in [-0.39, 0.29) is 24.9 Å². The first-order chi connectivity index (χ1) is 18.7. The van der Waals surface area contributed by atoms with Gasteiger partial charge in [0.1, 0.15) is 0 Å². The van der Waals surface area contributed by atoms with Gasteiger partial charge in [0.05, 0.1) is 46.5 Å². The van der Waals surface area contributed by atoms with Crippen LogP contribution in [0.3, 0.4) is 0 Å². The van der Waals surface area contributed by atoms with Crippen molar-refractivity contribution in [2.24, 2.45) is 0 Å². The highest BCUT2D eigenvalue weighted by atomic mass is 16.2. The maximum absolute atomic E-state index is 12.6. The highest BCUT2D eigenvalue weighted by Crippen LogP contribution is 2.31. The van der Waals surface area contributed by atoms with Crippen LogP contribution in [-0.4, -0.2) is 34.9 Å². The van der Waals surface area contributed by atoms with Gasteiger partial charge in [0.15, 0.2) is 0 Å². The zero-order chi connectivity index (χ0) is 25.9. The molecule has 8 heteroatoms. The number of anilines is 2. The van der Waals surface area contributed by atoms with Crippen molar-refractivity contribution in [1.82, 2.24) is 20.8 Å².